The maximum absolute atomic E-state index is 13.8. The highest BCUT2D eigenvalue weighted by atomic mass is 19.1. The van der Waals surface area contributed by atoms with Crippen molar-refractivity contribution >= 4 is 0 Å². The Labute approximate surface area is 198 Å². The van der Waals surface area contributed by atoms with Crippen LogP contribution in [0.3, 0.4) is 0 Å². The van der Waals surface area contributed by atoms with Crippen molar-refractivity contribution < 1.29 is 4.39 Å². The second kappa shape index (κ2) is 10.4. The molecule has 1 N–H and O–H groups in total. The Hall–Kier alpha value is -2.17. The van der Waals surface area contributed by atoms with Gasteiger partial charge in [0.05, 0.1) is 6.04 Å². The molecule has 2 heterocycles. The molecule has 0 aromatic heterocycles. The monoisotopic (exact) mass is 447 g/mol. The van der Waals surface area contributed by atoms with Gasteiger partial charge in [-0.2, -0.15) is 0 Å². The first-order chi connectivity index (χ1) is 16.2. The SMILES string of the molecule is CCN1NC(Cc2ccccc2)C=C1C1CCN(CC2CCC[C@@H]2c2cccc(F)c2)CC1. The van der Waals surface area contributed by atoms with E-state index in [4.69, 9.17) is 0 Å². The van der Waals surface area contributed by atoms with Gasteiger partial charge >= 0.3 is 0 Å². The van der Waals surface area contributed by atoms with Crippen LogP contribution < -0.4 is 5.43 Å². The third kappa shape index (κ3) is 5.33. The first-order valence-corrected chi connectivity index (χ1v) is 13.0. The quantitative estimate of drug-likeness (QED) is 0.582. The van der Waals surface area contributed by atoms with E-state index in [-0.39, 0.29) is 5.82 Å². The molecular formula is C29H38FN3. The van der Waals surface area contributed by atoms with Crippen molar-refractivity contribution in [3.8, 4) is 0 Å². The van der Waals surface area contributed by atoms with Crippen LogP contribution in [0.4, 0.5) is 4.39 Å². The normalized spacial score (nSPS) is 26.7. The summed E-state index contributed by atoms with van der Waals surface area (Å²) < 4.78 is 13.8. The summed E-state index contributed by atoms with van der Waals surface area (Å²) in [6.07, 6.45) is 9.77. The number of allylic oxidation sites excluding steroid dienone is 1. The molecule has 4 heteroatoms. The lowest BCUT2D eigenvalue weighted by atomic mass is 9.87. The number of nitrogens with one attached hydrogen (secondary N) is 1. The van der Waals surface area contributed by atoms with Gasteiger partial charge in [0.1, 0.15) is 5.82 Å². The molecule has 5 rings (SSSR count). The van der Waals surface area contributed by atoms with Crippen LogP contribution >= 0.6 is 0 Å². The number of rotatable bonds is 7. The van der Waals surface area contributed by atoms with Crippen LogP contribution in [0, 0.1) is 17.7 Å². The van der Waals surface area contributed by atoms with Crippen molar-refractivity contribution in [2.24, 2.45) is 11.8 Å². The van der Waals surface area contributed by atoms with Gasteiger partial charge in [0.15, 0.2) is 0 Å². The summed E-state index contributed by atoms with van der Waals surface area (Å²) in [5.74, 6) is 1.74. The zero-order valence-corrected chi connectivity index (χ0v) is 19.9. The third-order valence-electron chi connectivity index (χ3n) is 8.05. The molecule has 2 aliphatic heterocycles. The predicted octanol–water partition coefficient (Wildman–Crippen LogP) is 5.76. The summed E-state index contributed by atoms with van der Waals surface area (Å²) in [5, 5.41) is 2.39. The number of halogens is 1. The predicted molar refractivity (Wildman–Crippen MR) is 133 cm³/mol. The fraction of sp³-hybridized carbons (Fsp3) is 0.517. The van der Waals surface area contributed by atoms with Gasteiger partial charge in [-0.25, -0.2) is 9.82 Å². The highest BCUT2D eigenvalue weighted by Crippen LogP contribution is 2.41. The minimum Gasteiger partial charge on any atom is -0.312 e. The van der Waals surface area contributed by atoms with E-state index in [0.29, 0.717) is 23.8 Å². The Morgan fingerprint density at radius 1 is 0.970 bits per heavy atom. The van der Waals surface area contributed by atoms with Crippen molar-refractivity contribution in [3.63, 3.8) is 0 Å². The summed E-state index contributed by atoms with van der Waals surface area (Å²) in [6, 6.07) is 18.5. The van der Waals surface area contributed by atoms with Gasteiger partial charge in [0.2, 0.25) is 0 Å². The first-order valence-electron chi connectivity index (χ1n) is 13.0. The number of benzene rings is 2. The average Bonchev–Trinajstić information content (AvgIpc) is 3.47. The molecule has 176 valence electrons. The molecule has 3 nitrogen and oxygen atoms in total. The van der Waals surface area contributed by atoms with E-state index in [1.54, 1.807) is 12.1 Å². The highest BCUT2D eigenvalue weighted by molar-refractivity contribution is 5.24. The van der Waals surface area contributed by atoms with Crippen LogP contribution in [-0.4, -0.2) is 42.1 Å². The maximum atomic E-state index is 13.8. The van der Waals surface area contributed by atoms with E-state index in [0.717, 1.165) is 13.0 Å². The molecule has 0 bridgehead atoms. The van der Waals surface area contributed by atoms with Crippen molar-refractivity contribution in [1.29, 1.82) is 0 Å². The van der Waals surface area contributed by atoms with Gasteiger partial charge in [0, 0.05) is 24.7 Å². The minimum atomic E-state index is -0.0940. The van der Waals surface area contributed by atoms with Gasteiger partial charge in [-0.05, 0) is 93.3 Å². The highest BCUT2D eigenvalue weighted by Gasteiger charge is 2.34. The van der Waals surface area contributed by atoms with E-state index in [1.807, 2.05) is 6.07 Å². The van der Waals surface area contributed by atoms with E-state index in [9.17, 15) is 4.39 Å². The van der Waals surface area contributed by atoms with Crippen molar-refractivity contribution in [3.05, 3.63) is 83.3 Å². The lowest BCUT2D eigenvalue weighted by molar-refractivity contribution is 0.146. The van der Waals surface area contributed by atoms with Crippen LogP contribution in [0.25, 0.3) is 0 Å². The van der Waals surface area contributed by atoms with Crippen LogP contribution in [0.1, 0.15) is 56.1 Å². The third-order valence-corrected chi connectivity index (χ3v) is 8.05. The van der Waals surface area contributed by atoms with Crippen molar-refractivity contribution in [2.45, 2.75) is 57.4 Å². The Bertz CT molecular complexity index is 935. The molecule has 3 aliphatic rings. The van der Waals surface area contributed by atoms with E-state index < -0.39 is 0 Å². The van der Waals surface area contributed by atoms with Crippen molar-refractivity contribution in [1.82, 2.24) is 15.3 Å². The van der Waals surface area contributed by atoms with Crippen LogP contribution in [0.2, 0.25) is 0 Å². The van der Waals surface area contributed by atoms with Gasteiger partial charge in [-0.1, -0.05) is 48.9 Å². The van der Waals surface area contributed by atoms with Gasteiger partial charge < -0.3 is 9.91 Å². The molecule has 0 amide bonds. The summed E-state index contributed by atoms with van der Waals surface area (Å²) in [5.41, 5.74) is 7.84. The Balaban J connectivity index is 1.17. The van der Waals surface area contributed by atoms with Gasteiger partial charge in [-0.15, -0.1) is 0 Å². The second-order valence-corrected chi connectivity index (χ2v) is 10.2. The fourth-order valence-electron chi connectivity index (χ4n) is 6.39. The average molecular weight is 448 g/mol. The van der Waals surface area contributed by atoms with E-state index >= 15 is 0 Å². The van der Waals surface area contributed by atoms with Crippen LogP contribution in [0.15, 0.2) is 66.4 Å². The van der Waals surface area contributed by atoms with E-state index in [1.165, 1.54) is 68.6 Å². The number of piperidine rings is 1. The second-order valence-electron chi connectivity index (χ2n) is 10.2. The van der Waals surface area contributed by atoms with Gasteiger partial charge in [0.25, 0.3) is 0 Å². The summed E-state index contributed by atoms with van der Waals surface area (Å²) in [4.78, 5) is 2.68. The number of nitrogens with zero attached hydrogens (tertiary/aromatic N) is 2. The Kier molecular flexibility index (Phi) is 7.13. The minimum absolute atomic E-state index is 0.0940. The molecule has 1 aliphatic carbocycles. The summed E-state index contributed by atoms with van der Waals surface area (Å²) in [6.45, 7) is 6.77. The molecule has 2 aromatic carbocycles. The Morgan fingerprint density at radius 2 is 1.79 bits per heavy atom. The zero-order chi connectivity index (χ0) is 22.6. The molecule has 3 atom stereocenters. The standard InChI is InChI=1S/C29H38FN3/c1-2-33-29(20-27(31-33)18-22-8-4-3-5-9-22)23-14-16-32(17-15-23)21-25-11-7-13-28(25)24-10-6-12-26(30)19-24/h3-6,8-10,12,19-20,23,25,27-28,31H,2,7,11,13-18,21H2,1H3/t25?,27?,28-/m1/s1. The molecule has 2 fully saturated rings. The molecule has 1 saturated carbocycles. The molecular weight excluding hydrogens is 409 g/mol. The van der Waals surface area contributed by atoms with Gasteiger partial charge in [-0.3, -0.25) is 0 Å². The summed E-state index contributed by atoms with van der Waals surface area (Å²) in [7, 11) is 0. The molecule has 0 radical (unpaired) electrons. The molecule has 2 aromatic rings. The number of hydrogen-bond acceptors (Lipinski definition) is 3. The van der Waals surface area contributed by atoms with Crippen molar-refractivity contribution in [2.75, 3.05) is 26.2 Å². The first kappa shape index (κ1) is 22.6. The number of hydrazine groups is 1. The number of hydrogen-bond donors (Lipinski definition) is 1. The summed E-state index contributed by atoms with van der Waals surface area (Å²) >= 11 is 0. The smallest absolute Gasteiger partial charge is 0.123 e. The van der Waals surface area contributed by atoms with Crippen LogP contribution in [-0.2, 0) is 6.42 Å². The number of likely N-dealkylation sites (tertiary alicyclic amines) is 1. The molecule has 1 saturated heterocycles. The topological polar surface area (TPSA) is 18.5 Å². The van der Waals surface area contributed by atoms with Crippen LogP contribution in [0.5, 0.6) is 0 Å². The Morgan fingerprint density at radius 3 is 2.55 bits per heavy atom. The molecule has 33 heavy (non-hydrogen) atoms. The fourth-order valence-corrected chi connectivity index (χ4v) is 6.39. The zero-order valence-electron chi connectivity index (χ0n) is 19.9. The lowest BCUT2D eigenvalue weighted by Gasteiger charge is -2.37. The largest absolute Gasteiger partial charge is 0.312 e. The van der Waals surface area contributed by atoms with E-state index in [2.05, 4.69) is 64.7 Å². The molecule has 0 spiro atoms. The molecule has 2 unspecified atom stereocenters. The lowest BCUT2D eigenvalue weighted by Crippen LogP contribution is -2.42. The maximum Gasteiger partial charge on any atom is 0.123 e.